The molecule has 1 saturated heterocycles. The summed E-state index contributed by atoms with van der Waals surface area (Å²) < 4.78 is 0.967. The highest BCUT2D eigenvalue weighted by atomic mass is 79.9. The van der Waals surface area contributed by atoms with Gasteiger partial charge in [-0.25, -0.2) is 0 Å². The van der Waals surface area contributed by atoms with Crippen LogP contribution < -0.4 is 0 Å². The van der Waals surface area contributed by atoms with Crippen LogP contribution in [0.3, 0.4) is 0 Å². The van der Waals surface area contributed by atoms with Crippen LogP contribution in [0.4, 0.5) is 0 Å². The van der Waals surface area contributed by atoms with Crippen LogP contribution in [0.2, 0.25) is 0 Å². The summed E-state index contributed by atoms with van der Waals surface area (Å²) in [5.74, 6) is 0.142. The molecule has 1 heterocycles. The summed E-state index contributed by atoms with van der Waals surface area (Å²) in [5.41, 5.74) is 1.89. The number of aryl methyl sites for hydroxylation is 1. The van der Waals surface area contributed by atoms with Gasteiger partial charge in [0.2, 0.25) is 0 Å². The maximum atomic E-state index is 12.4. The second-order valence-electron chi connectivity index (χ2n) is 5.17. The number of rotatable bonds is 2. The number of hydrogen-bond acceptors (Lipinski definition) is 2. The first kappa shape index (κ1) is 13.6. The second-order valence-corrected chi connectivity index (χ2v) is 6.09. The van der Waals surface area contributed by atoms with Gasteiger partial charge in [0.1, 0.15) is 0 Å². The van der Waals surface area contributed by atoms with Gasteiger partial charge in [-0.1, -0.05) is 15.9 Å². The predicted molar refractivity (Wildman–Crippen MR) is 76.9 cm³/mol. The zero-order valence-electron chi connectivity index (χ0n) is 11.1. The fraction of sp³-hybridized carbons (Fsp3) is 0.500. The van der Waals surface area contributed by atoms with E-state index in [1.807, 2.05) is 30.0 Å². The summed E-state index contributed by atoms with van der Waals surface area (Å²) in [5, 5.41) is 0. The van der Waals surface area contributed by atoms with E-state index in [0.29, 0.717) is 6.04 Å². The van der Waals surface area contributed by atoms with E-state index in [9.17, 15) is 4.79 Å². The lowest BCUT2D eigenvalue weighted by molar-refractivity contribution is 0.0783. The van der Waals surface area contributed by atoms with Crippen molar-refractivity contribution < 1.29 is 4.79 Å². The van der Waals surface area contributed by atoms with Crippen molar-refractivity contribution in [3.05, 3.63) is 33.8 Å². The van der Waals surface area contributed by atoms with Crippen molar-refractivity contribution in [2.75, 3.05) is 27.2 Å². The van der Waals surface area contributed by atoms with E-state index in [2.05, 4.69) is 34.9 Å². The van der Waals surface area contributed by atoms with E-state index >= 15 is 0 Å². The van der Waals surface area contributed by atoms with Crippen LogP contribution >= 0.6 is 15.9 Å². The Hall–Kier alpha value is -0.870. The van der Waals surface area contributed by atoms with Gasteiger partial charge in [0.05, 0.1) is 0 Å². The van der Waals surface area contributed by atoms with E-state index in [1.165, 1.54) is 0 Å². The molecule has 0 saturated carbocycles. The minimum Gasteiger partial charge on any atom is -0.337 e. The third-order valence-corrected chi connectivity index (χ3v) is 3.93. The zero-order valence-corrected chi connectivity index (χ0v) is 12.7. The van der Waals surface area contributed by atoms with Gasteiger partial charge < -0.3 is 9.80 Å². The number of likely N-dealkylation sites (N-methyl/N-ethyl adjacent to an activating group) is 1. The van der Waals surface area contributed by atoms with Crippen LogP contribution in [0.1, 0.15) is 22.3 Å². The fourth-order valence-corrected chi connectivity index (χ4v) is 3.00. The predicted octanol–water partition coefficient (Wildman–Crippen LogP) is 2.53. The maximum absolute atomic E-state index is 12.4. The summed E-state index contributed by atoms with van der Waals surface area (Å²) in [4.78, 5) is 16.6. The molecule has 1 amide bonds. The minimum absolute atomic E-state index is 0.142. The molecule has 1 unspecified atom stereocenters. The van der Waals surface area contributed by atoms with Crippen LogP contribution in [0, 0.1) is 6.92 Å². The number of benzene rings is 1. The molecular weight excluding hydrogens is 292 g/mol. The van der Waals surface area contributed by atoms with Gasteiger partial charge in [0.25, 0.3) is 5.91 Å². The molecule has 18 heavy (non-hydrogen) atoms. The molecule has 1 atom stereocenters. The largest absolute Gasteiger partial charge is 0.337 e. The number of carbonyl (C=O) groups is 1. The quantitative estimate of drug-likeness (QED) is 0.838. The van der Waals surface area contributed by atoms with Crippen molar-refractivity contribution in [1.29, 1.82) is 0 Å². The fourth-order valence-electron chi connectivity index (χ4n) is 2.39. The summed E-state index contributed by atoms with van der Waals surface area (Å²) >= 11 is 3.45. The van der Waals surface area contributed by atoms with Crippen LogP contribution in [0.5, 0.6) is 0 Å². The monoisotopic (exact) mass is 310 g/mol. The molecule has 4 heteroatoms. The molecule has 3 nitrogen and oxygen atoms in total. The molecule has 0 radical (unpaired) electrons. The number of amides is 1. The normalized spacial score (nSPS) is 19.6. The van der Waals surface area contributed by atoms with E-state index in [4.69, 9.17) is 0 Å². The number of nitrogens with zero attached hydrogens (tertiary/aromatic N) is 2. The van der Waals surface area contributed by atoms with Crippen molar-refractivity contribution in [2.45, 2.75) is 19.4 Å². The first-order valence-corrected chi connectivity index (χ1v) is 6.99. The van der Waals surface area contributed by atoms with Crippen LogP contribution in [-0.4, -0.2) is 48.9 Å². The molecule has 1 fully saturated rings. The Morgan fingerprint density at radius 2 is 2.11 bits per heavy atom. The molecule has 0 bridgehead atoms. The molecule has 1 aromatic rings. The SMILES string of the molecule is Cc1cc(Br)cc(C(=O)N2CCC(N(C)C)C2)c1. The lowest BCUT2D eigenvalue weighted by atomic mass is 10.1. The van der Waals surface area contributed by atoms with Crippen LogP contribution in [0.25, 0.3) is 0 Å². The van der Waals surface area contributed by atoms with Crippen molar-refractivity contribution in [3.8, 4) is 0 Å². The van der Waals surface area contributed by atoms with Gasteiger partial charge in [-0.05, 0) is 51.2 Å². The molecule has 2 rings (SSSR count). The summed E-state index contributed by atoms with van der Waals surface area (Å²) in [6.45, 7) is 3.69. The van der Waals surface area contributed by atoms with E-state index in [1.54, 1.807) is 0 Å². The molecular formula is C14H19BrN2O. The highest BCUT2D eigenvalue weighted by Gasteiger charge is 2.28. The third-order valence-electron chi connectivity index (χ3n) is 3.47. The lowest BCUT2D eigenvalue weighted by Gasteiger charge is -2.20. The molecule has 1 aliphatic heterocycles. The number of hydrogen-bond donors (Lipinski definition) is 0. The lowest BCUT2D eigenvalue weighted by Crippen LogP contribution is -2.34. The van der Waals surface area contributed by atoms with Crippen LogP contribution in [-0.2, 0) is 0 Å². The molecule has 1 aromatic carbocycles. The molecule has 0 aromatic heterocycles. The van der Waals surface area contributed by atoms with Crippen molar-refractivity contribution >= 4 is 21.8 Å². The van der Waals surface area contributed by atoms with Gasteiger partial charge in [0, 0.05) is 29.2 Å². The van der Waals surface area contributed by atoms with Gasteiger partial charge in [0.15, 0.2) is 0 Å². The van der Waals surface area contributed by atoms with Gasteiger partial charge >= 0.3 is 0 Å². The average Bonchev–Trinajstić information content (AvgIpc) is 2.75. The van der Waals surface area contributed by atoms with E-state index < -0.39 is 0 Å². The first-order valence-electron chi connectivity index (χ1n) is 6.20. The Morgan fingerprint density at radius 3 is 2.67 bits per heavy atom. The summed E-state index contributed by atoms with van der Waals surface area (Å²) in [7, 11) is 4.14. The molecule has 1 aliphatic rings. The molecule has 0 N–H and O–H groups in total. The Balaban J connectivity index is 2.12. The highest BCUT2D eigenvalue weighted by molar-refractivity contribution is 9.10. The minimum atomic E-state index is 0.142. The Morgan fingerprint density at radius 1 is 1.39 bits per heavy atom. The topological polar surface area (TPSA) is 23.6 Å². The average molecular weight is 311 g/mol. The van der Waals surface area contributed by atoms with Crippen molar-refractivity contribution in [2.24, 2.45) is 0 Å². The van der Waals surface area contributed by atoms with Gasteiger partial charge in [-0.3, -0.25) is 4.79 Å². The van der Waals surface area contributed by atoms with E-state index in [-0.39, 0.29) is 5.91 Å². The Labute approximate surface area is 117 Å². The molecule has 0 aliphatic carbocycles. The number of halogens is 1. The number of likely N-dealkylation sites (tertiary alicyclic amines) is 1. The maximum Gasteiger partial charge on any atom is 0.253 e. The zero-order chi connectivity index (χ0) is 13.3. The number of carbonyl (C=O) groups excluding carboxylic acids is 1. The third kappa shape index (κ3) is 2.93. The molecule has 0 spiro atoms. The summed E-state index contributed by atoms with van der Waals surface area (Å²) in [6, 6.07) is 6.36. The Bertz CT molecular complexity index is 439. The van der Waals surface area contributed by atoms with Gasteiger partial charge in [-0.15, -0.1) is 0 Å². The molecule has 98 valence electrons. The Kier molecular flexibility index (Phi) is 4.07. The second kappa shape index (κ2) is 5.41. The van der Waals surface area contributed by atoms with Crippen molar-refractivity contribution in [3.63, 3.8) is 0 Å². The standard InChI is InChI=1S/C14H19BrN2O/c1-10-6-11(8-12(15)7-10)14(18)17-5-4-13(9-17)16(2)3/h6-8,13H,4-5,9H2,1-3H3. The van der Waals surface area contributed by atoms with Gasteiger partial charge in [-0.2, -0.15) is 0 Å². The van der Waals surface area contributed by atoms with Crippen molar-refractivity contribution in [1.82, 2.24) is 9.80 Å². The smallest absolute Gasteiger partial charge is 0.253 e. The first-order chi connectivity index (χ1) is 8.47. The van der Waals surface area contributed by atoms with E-state index in [0.717, 1.165) is 35.1 Å². The highest BCUT2D eigenvalue weighted by Crippen LogP contribution is 2.20. The summed E-state index contributed by atoms with van der Waals surface area (Å²) in [6.07, 6.45) is 1.06. The van der Waals surface area contributed by atoms with Crippen LogP contribution in [0.15, 0.2) is 22.7 Å².